The molecule has 1 atom stereocenters. The third-order valence-electron chi connectivity index (χ3n) is 3.26. The minimum absolute atomic E-state index is 0.000254. The van der Waals surface area contributed by atoms with Gasteiger partial charge in [0, 0.05) is 6.54 Å². The molecule has 0 saturated heterocycles. The van der Waals surface area contributed by atoms with Crippen molar-refractivity contribution >= 4 is 43.3 Å². The van der Waals surface area contributed by atoms with Crippen molar-refractivity contribution < 1.29 is 18.3 Å². The molecule has 1 heterocycles. The van der Waals surface area contributed by atoms with Crippen LogP contribution in [-0.2, 0) is 10.0 Å². The molecule has 0 aliphatic heterocycles. The maximum Gasteiger partial charge on any atom is 0.345 e. The summed E-state index contributed by atoms with van der Waals surface area (Å²) in [6, 6.07) is 1.19. The van der Waals surface area contributed by atoms with E-state index in [0.717, 1.165) is 37.0 Å². The third kappa shape index (κ3) is 5.36. The fourth-order valence-corrected chi connectivity index (χ4v) is 5.41. The zero-order chi connectivity index (χ0) is 16.0. The van der Waals surface area contributed by atoms with Gasteiger partial charge in [-0.05, 0) is 34.3 Å². The van der Waals surface area contributed by atoms with Gasteiger partial charge in [0.05, 0.1) is 3.79 Å². The molecule has 0 aliphatic carbocycles. The summed E-state index contributed by atoms with van der Waals surface area (Å²) in [5.74, 6) is -0.826. The minimum atomic E-state index is -3.68. The van der Waals surface area contributed by atoms with Crippen molar-refractivity contribution in [1.82, 2.24) is 4.72 Å². The van der Waals surface area contributed by atoms with Crippen molar-refractivity contribution in [1.29, 1.82) is 0 Å². The lowest BCUT2D eigenvalue weighted by Gasteiger charge is -2.15. The van der Waals surface area contributed by atoms with Crippen molar-refractivity contribution in [2.24, 2.45) is 5.92 Å². The first-order chi connectivity index (χ1) is 9.81. The number of carbonyl (C=O) groups is 1. The normalized spacial score (nSPS) is 13.3. The smallest absolute Gasteiger partial charge is 0.345 e. The highest BCUT2D eigenvalue weighted by molar-refractivity contribution is 9.11. The molecule has 0 amide bonds. The largest absolute Gasteiger partial charge is 0.477 e. The first-order valence-corrected chi connectivity index (χ1v) is 9.93. The second-order valence-corrected chi connectivity index (χ2v) is 8.93. The first kappa shape index (κ1) is 18.6. The molecule has 0 fully saturated rings. The first-order valence-electron chi connectivity index (χ1n) is 6.84. The Morgan fingerprint density at radius 1 is 1.48 bits per heavy atom. The summed E-state index contributed by atoms with van der Waals surface area (Å²) in [4.78, 5) is 10.9. The summed E-state index contributed by atoms with van der Waals surface area (Å²) < 4.78 is 27.4. The van der Waals surface area contributed by atoms with Crippen LogP contribution >= 0.6 is 27.3 Å². The molecule has 1 aromatic rings. The highest BCUT2D eigenvalue weighted by Gasteiger charge is 2.23. The second-order valence-electron chi connectivity index (χ2n) is 4.82. The fourth-order valence-electron chi connectivity index (χ4n) is 1.89. The number of halogens is 1. The number of sulfonamides is 1. The number of carboxylic acid groups (broad SMARTS) is 1. The van der Waals surface area contributed by atoms with E-state index in [0.29, 0.717) is 16.2 Å². The van der Waals surface area contributed by atoms with Crippen LogP contribution in [0.25, 0.3) is 0 Å². The van der Waals surface area contributed by atoms with Crippen LogP contribution in [0.3, 0.4) is 0 Å². The molecule has 0 aromatic carbocycles. The molecule has 1 unspecified atom stereocenters. The molecule has 0 aliphatic rings. The average molecular weight is 398 g/mol. The number of unbranched alkanes of at least 4 members (excludes halogenated alkanes) is 1. The standard InChI is InChI=1S/C13H20BrNO4S2/c1-3-5-6-9(4-2)8-15-21(18,19)11-7-10(13(16)17)20-12(11)14/h7,9,15H,3-6,8H2,1-2H3,(H,16,17). The minimum Gasteiger partial charge on any atom is -0.477 e. The van der Waals surface area contributed by atoms with Crippen molar-refractivity contribution in [2.45, 2.75) is 44.4 Å². The summed E-state index contributed by atoms with van der Waals surface area (Å²) in [6.07, 6.45) is 4.06. The van der Waals surface area contributed by atoms with Crippen LogP contribution in [-0.4, -0.2) is 26.0 Å². The van der Waals surface area contributed by atoms with Gasteiger partial charge >= 0.3 is 5.97 Å². The van der Waals surface area contributed by atoms with E-state index < -0.39 is 16.0 Å². The maximum atomic E-state index is 12.3. The van der Waals surface area contributed by atoms with Crippen molar-refractivity contribution in [3.63, 3.8) is 0 Å². The van der Waals surface area contributed by atoms with E-state index in [1.165, 1.54) is 6.07 Å². The third-order valence-corrected chi connectivity index (χ3v) is 6.92. The van der Waals surface area contributed by atoms with Gasteiger partial charge < -0.3 is 5.11 Å². The lowest BCUT2D eigenvalue weighted by Crippen LogP contribution is -2.29. The van der Waals surface area contributed by atoms with Gasteiger partial charge in [0.1, 0.15) is 9.77 Å². The van der Waals surface area contributed by atoms with Gasteiger partial charge in [-0.3, -0.25) is 0 Å². The monoisotopic (exact) mass is 397 g/mol. The molecule has 1 aromatic heterocycles. The van der Waals surface area contributed by atoms with Crippen molar-refractivity contribution in [3.8, 4) is 0 Å². The Labute approximate surface area is 137 Å². The fraction of sp³-hybridized carbons (Fsp3) is 0.615. The summed E-state index contributed by atoms with van der Waals surface area (Å²) >= 11 is 4.02. The molecular weight excluding hydrogens is 378 g/mol. The lowest BCUT2D eigenvalue weighted by atomic mass is 10.00. The number of rotatable bonds is 9. The molecule has 21 heavy (non-hydrogen) atoms. The van der Waals surface area contributed by atoms with Gasteiger partial charge in [-0.15, -0.1) is 11.3 Å². The summed E-state index contributed by atoms with van der Waals surface area (Å²) in [5.41, 5.74) is 0. The summed E-state index contributed by atoms with van der Waals surface area (Å²) in [6.45, 7) is 4.52. The van der Waals surface area contributed by atoms with E-state index in [1.54, 1.807) is 0 Å². The molecular formula is C13H20BrNO4S2. The molecule has 0 bridgehead atoms. The van der Waals surface area contributed by atoms with E-state index >= 15 is 0 Å². The Bertz CT molecular complexity index is 583. The Morgan fingerprint density at radius 2 is 2.14 bits per heavy atom. The van der Waals surface area contributed by atoms with Gasteiger partial charge in [-0.2, -0.15) is 0 Å². The van der Waals surface area contributed by atoms with Crippen LogP contribution in [0.5, 0.6) is 0 Å². The number of thiophene rings is 1. The summed E-state index contributed by atoms with van der Waals surface area (Å²) in [5, 5.41) is 8.92. The molecule has 0 spiro atoms. The number of nitrogens with one attached hydrogen (secondary N) is 1. The van der Waals surface area contributed by atoms with Crippen molar-refractivity contribution in [3.05, 3.63) is 14.7 Å². The van der Waals surface area contributed by atoms with Crippen LogP contribution in [0.4, 0.5) is 0 Å². The van der Waals surface area contributed by atoms with Gasteiger partial charge in [-0.1, -0.05) is 33.1 Å². The number of aromatic carboxylic acids is 1. The zero-order valence-electron chi connectivity index (χ0n) is 12.1. The number of carboxylic acids is 1. The maximum absolute atomic E-state index is 12.3. The van der Waals surface area contributed by atoms with Crippen LogP contribution in [0.1, 0.15) is 49.2 Å². The quantitative estimate of drug-likeness (QED) is 0.664. The molecule has 5 nitrogen and oxygen atoms in total. The van der Waals surface area contributed by atoms with E-state index in [9.17, 15) is 13.2 Å². The van der Waals surface area contributed by atoms with Gasteiger partial charge in [0.2, 0.25) is 10.0 Å². The second kappa shape index (κ2) is 8.26. The molecule has 8 heteroatoms. The molecule has 0 radical (unpaired) electrons. The number of hydrogen-bond donors (Lipinski definition) is 2. The molecule has 2 N–H and O–H groups in total. The van der Waals surface area contributed by atoms with Crippen molar-refractivity contribution in [2.75, 3.05) is 6.54 Å². The Hall–Kier alpha value is -0.440. The van der Waals surface area contributed by atoms with Crippen LogP contribution in [0.2, 0.25) is 0 Å². The predicted molar refractivity (Wildman–Crippen MR) is 87.5 cm³/mol. The van der Waals surface area contributed by atoms with E-state index in [4.69, 9.17) is 5.11 Å². The van der Waals surface area contributed by atoms with E-state index in [-0.39, 0.29) is 9.77 Å². The highest BCUT2D eigenvalue weighted by Crippen LogP contribution is 2.31. The Kier molecular flexibility index (Phi) is 7.32. The Morgan fingerprint density at radius 3 is 2.62 bits per heavy atom. The highest BCUT2D eigenvalue weighted by atomic mass is 79.9. The van der Waals surface area contributed by atoms with Gasteiger partial charge in [0.15, 0.2) is 0 Å². The van der Waals surface area contributed by atoms with Gasteiger partial charge in [-0.25, -0.2) is 17.9 Å². The number of hydrogen-bond acceptors (Lipinski definition) is 4. The van der Waals surface area contributed by atoms with Crippen LogP contribution in [0.15, 0.2) is 14.7 Å². The van der Waals surface area contributed by atoms with E-state index in [1.807, 2.05) is 6.92 Å². The topological polar surface area (TPSA) is 83.5 Å². The molecule has 0 saturated carbocycles. The predicted octanol–water partition coefficient (Wildman–Crippen LogP) is 3.70. The SMILES string of the molecule is CCCCC(CC)CNS(=O)(=O)c1cc(C(=O)O)sc1Br. The zero-order valence-corrected chi connectivity index (χ0v) is 15.3. The summed E-state index contributed by atoms with van der Waals surface area (Å²) in [7, 11) is -3.68. The van der Waals surface area contributed by atoms with Crippen LogP contribution in [0, 0.1) is 5.92 Å². The van der Waals surface area contributed by atoms with E-state index in [2.05, 4.69) is 27.6 Å². The lowest BCUT2D eigenvalue weighted by molar-refractivity contribution is 0.0702. The average Bonchev–Trinajstić information content (AvgIpc) is 2.82. The van der Waals surface area contributed by atoms with Gasteiger partial charge in [0.25, 0.3) is 0 Å². The molecule has 1 rings (SSSR count). The molecule has 120 valence electrons. The Balaban J connectivity index is 2.79. The van der Waals surface area contributed by atoms with Crippen LogP contribution < -0.4 is 4.72 Å².